The Hall–Kier alpha value is -0.765. The van der Waals surface area contributed by atoms with Crippen LogP contribution in [0.5, 0.6) is 0 Å². The summed E-state index contributed by atoms with van der Waals surface area (Å²) in [5.74, 6) is 0. The van der Waals surface area contributed by atoms with E-state index in [2.05, 4.69) is 20.9 Å². The predicted molar refractivity (Wildman–Crippen MR) is 48.3 cm³/mol. The van der Waals surface area contributed by atoms with Gasteiger partial charge in [-0.3, -0.25) is 0 Å². The van der Waals surface area contributed by atoms with Gasteiger partial charge in [0, 0.05) is 4.47 Å². The molecule has 2 rings (SSSR count). The molecule has 0 fully saturated rings. The summed E-state index contributed by atoms with van der Waals surface area (Å²) < 4.78 is 2.80. The van der Waals surface area contributed by atoms with Gasteiger partial charge in [-0.15, -0.1) is 0 Å². The van der Waals surface area contributed by atoms with Crippen molar-refractivity contribution in [2.45, 2.75) is 0 Å². The third-order valence-corrected chi connectivity index (χ3v) is 1.97. The molecular formula is C7H4BBrN2. The SMILES string of the molecule is [B]c1cc(Br)cc2cncn12. The van der Waals surface area contributed by atoms with Crippen LogP contribution in [0.1, 0.15) is 0 Å². The first-order chi connectivity index (χ1) is 5.27. The van der Waals surface area contributed by atoms with Crippen molar-refractivity contribution in [3.63, 3.8) is 0 Å². The molecule has 52 valence electrons. The van der Waals surface area contributed by atoms with E-state index in [0.717, 1.165) is 9.99 Å². The van der Waals surface area contributed by atoms with Crippen LogP contribution in [0.3, 0.4) is 0 Å². The molecule has 0 saturated carbocycles. The largest absolute Gasteiger partial charge is 0.314 e. The number of rotatable bonds is 0. The second-order valence-electron chi connectivity index (χ2n) is 2.29. The van der Waals surface area contributed by atoms with Crippen molar-refractivity contribution >= 4 is 34.9 Å². The van der Waals surface area contributed by atoms with E-state index in [4.69, 9.17) is 7.85 Å². The fourth-order valence-corrected chi connectivity index (χ4v) is 1.49. The first-order valence-electron chi connectivity index (χ1n) is 3.14. The molecular weight excluding hydrogens is 203 g/mol. The van der Waals surface area contributed by atoms with Crippen molar-refractivity contribution in [3.8, 4) is 0 Å². The molecule has 2 nitrogen and oxygen atoms in total. The van der Waals surface area contributed by atoms with Crippen molar-refractivity contribution < 1.29 is 0 Å². The van der Waals surface area contributed by atoms with Crippen molar-refractivity contribution in [1.29, 1.82) is 0 Å². The zero-order valence-corrected chi connectivity index (χ0v) is 7.25. The molecule has 0 N–H and O–H groups in total. The van der Waals surface area contributed by atoms with E-state index in [1.165, 1.54) is 0 Å². The van der Waals surface area contributed by atoms with Crippen LogP contribution in [-0.4, -0.2) is 17.2 Å². The molecule has 0 atom stereocenters. The summed E-state index contributed by atoms with van der Waals surface area (Å²) in [5, 5.41) is 0. The minimum absolute atomic E-state index is 0.687. The van der Waals surface area contributed by atoms with Crippen LogP contribution < -0.4 is 5.59 Å². The minimum Gasteiger partial charge on any atom is -0.314 e. The highest BCUT2D eigenvalue weighted by molar-refractivity contribution is 9.10. The fourth-order valence-electron chi connectivity index (χ4n) is 1.02. The number of imidazole rings is 1. The topological polar surface area (TPSA) is 17.3 Å². The standard InChI is InChI=1S/C7H4BBrN2/c8-7-2-5(9)1-6-3-10-4-11(6)7/h1-4H. The number of pyridine rings is 1. The number of nitrogens with zero attached hydrogens (tertiary/aromatic N) is 2. The average molecular weight is 207 g/mol. The number of fused-ring (bicyclic) bond motifs is 1. The van der Waals surface area contributed by atoms with Crippen LogP contribution in [0.4, 0.5) is 0 Å². The molecule has 0 amide bonds. The summed E-state index contributed by atoms with van der Waals surface area (Å²) >= 11 is 3.35. The first kappa shape index (κ1) is 6.92. The summed E-state index contributed by atoms with van der Waals surface area (Å²) in [6, 6.07) is 3.80. The third kappa shape index (κ3) is 1.07. The average Bonchev–Trinajstić information content (AvgIpc) is 2.34. The van der Waals surface area contributed by atoms with Crippen LogP contribution in [0.25, 0.3) is 5.52 Å². The lowest BCUT2D eigenvalue weighted by Crippen LogP contribution is -2.12. The lowest BCUT2D eigenvalue weighted by atomic mass is 10.0. The molecule has 4 heteroatoms. The molecule has 0 saturated heterocycles. The molecule has 2 aromatic heterocycles. The molecule has 0 bridgehead atoms. The summed E-state index contributed by atoms with van der Waals surface area (Å²) in [6.07, 6.45) is 3.46. The van der Waals surface area contributed by atoms with Crippen LogP contribution in [0.15, 0.2) is 29.1 Å². The number of hydrogen-bond acceptors (Lipinski definition) is 1. The highest BCUT2D eigenvalue weighted by atomic mass is 79.9. The zero-order chi connectivity index (χ0) is 7.84. The summed E-state index contributed by atoms with van der Waals surface area (Å²) in [4.78, 5) is 3.97. The van der Waals surface area contributed by atoms with Gasteiger partial charge in [0.05, 0.1) is 18.0 Å². The Kier molecular flexibility index (Phi) is 1.49. The number of hydrogen-bond donors (Lipinski definition) is 0. The molecule has 0 aliphatic heterocycles. The van der Waals surface area contributed by atoms with Crippen molar-refractivity contribution in [2.75, 3.05) is 0 Å². The van der Waals surface area contributed by atoms with E-state index < -0.39 is 0 Å². The Balaban J connectivity index is 2.91. The van der Waals surface area contributed by atoms with Gasteiger partial charge in [-0.1, -0.05) is 15.9 Å². The molecule has 2 heterocycles. The van der Waals surface area contributed by atoms with Gasteiger partial charge in [-0.25, -0.2) is 4.98 Å². The Morgan fingerprint density at radius 2 is 2.27 bits per heavy atom. The van der Waals surface area contributed by atoms with E-state index in [0.29, 0.717) is 5.59 Å². The van der Waals surface area contributed by atoms with E-state index in [9.17, 15) is 0 Å². The van der Waals surface area contributed by atoms with Gasteiger partial charge in [0.1, 0.15) is 7.85 Å². The Morgan fingerprint density at radius 1 is 1.45 bits per heavy atom. The Labute approximate surface area is 73.8 Å². The molecule has 0 aliphatic carbocycles. The van der Waals surface area contributed by atoms with Gasteiger partial charge >= 0.3 is 0 Å². The highest BCUT2D eigenvalue weighted by Gasteiger charge is 1.96. The van der Waals surface area contributed by atoms with Gasteiger partial charge < -0.3 is 4.40 Å². The predicted octanol–water partition coefficient (Wildman–Crippen LogP) is 0.891. The van der Waals surface area contributed by atoms with Crippen LogP contribution >= 0.6 is 15.9 Å². The monoisotopic (exact) mass is 206 g/mol. The second kappa shape index (κ2) is 2.38. The normalized spacial score (nSPS) is 10.6. The van der Waals surface area contributed by atoms with Gasteiger partial charge in [0.25, 0.3) is 0 Å². The van der Waals surface area contributed by atoms with Crippen LogP contribution in [0.2, 0.25) is 0 Å². The molecule has 2 radical (unpaired) electrons. The van der Waals surface area contributed by atoms with Crippen molar-refractivity contribution in [3.05, 3.63) is 29.1 Å². The van der Waals surface area contributed by atoms with E-state index in [-0.39, 0.29) is 0 Å². The molecule has 0 aliphatic rings. The lowest BCUT2D eigenvalue weighted by Gasteiger charge is -1.99. The molecule has 11 heavy (non-hydrogen) atoms. The lowest BCUT2D eigenvalue weighted by molar-refractivity contribution is 1.19. The Morgan fingerprint density at radius 3 is 3.09 bits per heavy atom. The maximum Gasteiger partial charge on any atom is 0.139 e. The van der Waals surface area contributed by atoms with E-state index in [1.807, 2.05) is 16.5 Å². The summed E-state index contributed by atoms with van der Waals surface area (Å²) in [5.41, 5.74) is 1.68. The van der Waals surface area contributed by atoms with Crippen LogP contribution in [0, 0.1) is 0 Å². The smallest absolute Gasteiger partial charge is 0.139 e. The van der Waals surface area contributed by atoms with Crippen LogP contribution in [-0.2, 0) is 0 Å². The van der Waals surface area contributed by atoms with Gasteiger partial charge in [-0.2, -0.15) is 0 Å². The Bertz CT molecular complexity index is 396. The zero-order valence-electron chi connectivity index (χ0n) is 5.66. The number of halogens is 1. The van der Waals surface area contributed by atoms with Gasteiger partial charge in [0.15, 0.2) is 0 Å². The minimum atomic E-state index is 0.687. The third-order valence-electron chi connectivity index (χ3n) is 1.52. The molecule has 0 spiro atoms. The van der Waals surface area contributed by atoms with E-state index in [1.54, 1.807) is 12.5 Å². The summed E-state index contributed by atoms with van der Waals surface area (Å²) in [6.45, 7) is 0. The van der Waals surface area contributed by atoms with Crippen molar-refractivity contribution in [2.24, 2.45) is 0 Å². The second-order valence-corrected chi connectivity index (χ2v) is 3.20. The molecule has 0 aromatic carbocycles. The maximum absolute atomic E-state index is 5.69. The quantitative estimate of drug-likeness (QED) is 0.586. The summed E-state index contributed by atoms with van der Waals surface area (Å²) in [7, 11) is 5.69. The first-order valence-corrected chi connectivity index (χ1v) is 3.94. The maximum atomic E-state index is 5.69. The van der Waals surface area contributed by atoms with Crippen molar-refractivity contribution in [1.82, 2.24) is 9.38 Å². The van der Waals surface area contributed by atoms with Gasteiger partial charge in [0.2, 0.25) is 0 Å². The van der Waals surface area contributed by atoms with Gasteiger partial charge in [-0.05, 0) is 17.7 Å². The van der Waals surface area contributed by atoms with E-state index >= 15 is 0 Å². The molecule has 2 aromatic rings. The number of aromatic nitrogens is 2. The molecule has 0 unspecified atom stereocenters. The fraction of sp³-hybridized carbons (Fsp3) is 0. The highest BCUT2D eigenvalue weighted by Crippen LogP contribution is 2.10.